The number of rotatable bonds is 2. The van der Waals surface area contributed by atoms with E-state index in [0.29, 0.717) is 5.02 Å². The first-order valence-corrected chi connectivity index (χ1v) is 5.00. The van der Waals surface area contributed by atoms with Gasteiger partial charge in [0.05, 0.1) is 5.41 Å². The van der Waals surface area contributed by atoms with Crippen LogP contribution in [0.3, 0.4) is 0 Å². The second-order valence-electron chi connectivity index (χ2n) is 3.96. The quantitative estimate of drug-likeness (QED) is 0.797. The van der Waals surface area contributed by atoms with Gasteiger partial charge in [0, 0.05) is 5.02 Å². The van der Waals surface area contributed by atoms with Crippen LogP contribution in [0.4, 0.5) is 0 Å². The maximum absolute atomic E-state index is 11.3. The lowest BCUT2D eigenvalue weighted by Crippen LogP contribution is -2.28. The Bertz CT molecular complexity index is 376. The van der Waals surface area contributed by atoms with Crippen LogP contribution in [0, 0.1) is 6.92 Å². The van der Waals surface area contributed by atoms with Crippen molar-refractivity contribution in [3.05, 3.63) is 34.3 Å². The van der Waals surface area contributed by atoms with Gasteiger partial charge in [0.2, 0.25) is 5.91 Å². The second kappa shape index (κ2) is 2.99. The second-order valence-corrected chi connectivity index (χ2v) is 4.40. The Hall–Kier alpha value is -1.02. The standard InChI is InChI=1S/C11H12ClNO/c1-7-4-8(6-9(12)5-7)11(2-3-11)10(13)14/h4-6H,2-3H2,1H3,(H2,13,14). The number of benzene rings is 1. The third-order valence-corrected chi connectivity index (χ3v) is 3.03. The highest BCUT2D eigenvalue weighted by Gasteiger charge is 2.50. The molecule has 0 atom stereocenters. The van der Waals surface area contributed by atoms with Crippen molar-refractivity contribution in [3.8, 4) is 0 Å². The van der Waals surface area contributed by atoms with Crippen LogP contribution >= 0.6 is 11.6 Å². The molecule has 0 saturated heterocycles. The fourth-order valence-corrected chi connectivity index (χ4v) is 2.10. The summed E-state index contributed by atoms with van der Waals surface area (Å²) >= 11 is 5.94. The summed E-state index contributed by atoms with van der Waals surface area (Å²) in [5.41, 5.74) is 7.00. The first-order chi connectivity index (χ1) is 6.54. The number of amides is 1. The van der Waals surface area contributed by atoms with Crippen molar-refractivity contribution in [2.45, 2.75) is 25.2 Å². The number of aryl methyl sites for hydroxylation is 1. The van der Waals surface area contributed by atoms with E-state index in [4.69, 9.17) is 17.3 Å². The van der Waals surface area contributed by atoms with Gasteiger partial charge in [0.15, 0.2) is 0 Å². The third kappa shape index (κ3) is 1.40. The van der Waals surface area contributed by atoms with Gasteiger partial charge in [0.25, 0.3) is 0 Å². The average molecular weight is 210 g/mol. The van der Waals surface area contributed by atoms with Crippen molar-refractivity contribution in [3.63, 3.8) is 0 Å². The molecular formula is C11H12ClNO. The molecule has 0 aliphatic heterocycles. The molecule has 0 spiro atoms. The van der Waals surface area contributed by atoms with Gasteiger partial charge in [-0.2, -0.15) is 0 Å². The van der Waals surface area contributed by atoms with Crippen LogP contribution in [-0.2, 0) is 10.2 Å². The van der Waals surface area contributed by atoms with Gasteiger partial charge in [-0.25, -0.2) is 0 Å². The minimum absolute atomic E-state index is 0.237. The molecule has 14 heavy (non-hydrogen) atoms. The highest BCUT2D eigenvalue weighted by Crippen LogP contribution is 2.48. The molecule has 0 aromatic heterocycles. The molecule has 2 rings (SSSR count). The predicted octanol–water partition coefficient (Wildman–Crippen LogP) is 2.17. The van der Waals surface area contributed by atoms with E-state index < -0.39 is 5.41 Å². The smallest absolute Gasteiger partial charge is 0.228 e. The number of carbonyl (C=O) groups excluding carboxylic acids is 1. The highest BCUT2D eigenvalue weighted by molar-refractivity contribution is 6.30. The van der Waals surface area contributed by atoms with Gasteiger partial charge in [-0.05, 0) is 43.0 Å². The summed E-state index contributed by atoms with van der Waals surface area (Å²) in [5.74, 6) is -0.237. The van der Waals surface area contributed by atoms with E-state index in [-0.39, 0.29) is 5.91 Å². The predicted molar refractivity (Wildman–Crippen MR) is 56.3 cm³/mol. The topological polar surface area (TPSA) is 43.1 Å². The summed E-state index contributed by atoms with van der Waals surface area (Å²) in [5, 5.41) is 0.674. The number of hydrogen-bond acceptors (Lipinski definition) is 1. The molecule has 74 valence electrons. The van der Waals surface area contributed by atoms with E-state index in [9.17, 15) is 4.79 Å². The fraction of sp³-hybridized carbons (Fsp3) is 0.364. The van der Waals surface area contributed by atoms with Gasteiger partial charge >= 0.3 is 0 Å². The summed E-state index contributed by atoms with van der Waals surface area (Å²) < 4.78 is 0. The van der Waals surface area contributed by atoms with Crippen molar-refractivity contribution in [2.24, 2.45) is 5.73 Å². The zero-order chi connectivity index (χ0) is 10.3. The van der Waals surface area contributed by atoms with Crippen LogP contribution in [0.25, 0.3) is 0 Å². The van der Waals surface area contributed by atoms with Crippen LogP contribution in [0.2, 0.25) is 5.02 Å². The maximum atomic E-state index is 11.3. The molecule has 1 saturated carbocycles. The summed E-state index contributed by atoms with van der Waals surface area (Å²) in [6.07, 6.45) is 1.70. The molecular weight excluding hydrogens is 198 g/mol. The molecule has 1 amide bonds. The molecule has 1 aromatic carbocycles. The minimum Gasteiger partial charge on any atom is -0.369 e. The summed E-state index contributed by atoms with van der Waals surface area (Å²) in [6.45, 7) is 1.96. The Kier molecular flexibility index (Phi) is 2.04. The van der Waals surface area contributed by atoms with E-state index in [2.05, 4.69) is 0 Å². The molecule has 1 fully saturated rings. The van der Waals surface area contributed by atoms with Gasteiger partial charge in [-0.1, -0.05) is 17.7 Å². The lowest BCUT2D eigenvalue weighted by molar-refractivity contribution is -0.120. The lowest BCUT2D eigenvalue weighted by Gasteiger charge is -2.12. The largest absolute Gasteiger partial charge is 0.369 e. The first-order valence-electron chi connectivity index (χ1n) is 4.62. The Morgan fingerprint density at radius 3 is 2.50 bits per heavy atom. The number of hydrogen-bond donors (Lipinski definition) is 1. The van der Waals surface area contributed by atoms with Crippen molar-refractivity contribution in [1.29, 1.82) is 0 Å². The molecule has 2 nitrogen and oxygen atoms in total. The SMILES string of the molecule is Cc1cc(Cl)cc(C2(C(N)=O)CC2)c1. The van der Waals surface area contributed by atoms with Crippen LogP contribution in [-0.4, -0.2) is 5.91 Å². The molecule has 2 N–H and O–H groups in total. The molecule has 0 heterocycles. The van der Waals surface area contributed by atoms with Gasteiger partial charge in [-0.3, -0.25) is 4.79 Å². The number of primary amides is 1. The maximum Gasteiger partial charge on any atom is 0.228 e. The summed E-state index contributed by atoms with van der Waals surface area (Å²) in [4.78, 5) is 11.3. The van der Waals surface area contributed by atoms with E-state index in [1.807, 2.05) is 25.1 Å². The third-order valence-electron chi connectivity index (χ3n) is 2.82. The van der Waals surface area contributed by atoms with Crippen LogP contribution < -0.4 is 5.73 Å². The molecule has 0 bridgehead atoms. The lowest BCUT2D eigenvalue weighted by atomic mass is 9.94. The van der Waals surface area contributed by atoms with Crippen LogP contribution in [0.15, 0.2) is 18.2 Å². The van der Waals surface area contributed by atoms with E-state index >= 15 is 0 Å². The molecule has 1 aromatic rings. The average Bonchev–Trinajstić information content (AvgIpc) is 2.81. The van der Waals surface area contributed by atoms with Crippen molar-refractivity contribution < 1.29 is 4.79 Å². The van der Waals surface area contributed by atoms with E-state index in [1.54, 1.807) is 0 Å². The molecule has 1 aliphatic carbocycles. The monoisotopic (exact) mass is 209 g/mol. The Balaban J connectivity index is 2.47. The zero-order valence-electron chi connectivity index (χ0n) is 8.01. The van der Waals surface area contributed by atoms with Crippen molar-refractivity contribution in [2.75, 3.05) is 0 Å². The summed E-state index contributed by atoms with van der Waals surface area (Å²) in [6, 6.07) is 5.71. The molecule has 1 aliphatic rings. The minimum atomic E-state index is -0.421. The molecule has 0 radical (unpaired) electrons. The highest BCUT2D eigenvalue weighted by atomic mass is 35.5. The van der Waals surface area contributed by atoms with Crippen LogP contribution in [0.1, 0.15) is 24.0 Å². The fourth-order valence-electron chi connectivity index (χ4n) is 1.81. The van der Waals surface area contributed by atoms with Gasteiger partial charge in [-0.15, -0.1) is 0 Å². The zero-order valence-corrected chi connectivity index (χ0v) is 8.77. The Labute approximate surface area is 88.1 Å². The molecule has 3 heteroatoms. The first kappa shape index (κ1) is 9.53. The normalized spacial score (nSPS) is 17.9. The van der Waals surface area contributed by atoms with Crippen molar-refractivity contribution in [1.82, 2.24) is 0 Å². The summed E-state index contributed by atoms with van der Waals surface area (Å²) in [7, 11) is 0. The number of nitrogens with two attached hydrogens (primary N) is 1. The molecule has 0 unspecified atom stereocenters. The van der Waals surface area contributed by atoms with Gasteiger partial charge in [0.1, 0.15) is 0 Å². The Morgan fingerprint density at radius 2 is 2.07 bits per heavy atom. The Morgan fingerprint density at radius 1 is 1.43 bits per heavy atom. The number of carbonyl (C=O) groups is 1. The van der Waals surface area contributed by atoms with Gasteiger partial charge < -0.3 is 5.73 Å². The van der Waals surface area contributed by atoms with E-state index in [0.717, 1.165) is 24.0 Å². The van der Waals surface area contributed by atoms with Crippen LogP contribution in [0.5, 0.6) is 0 Å². The van der Waals surface area contributed by atoms with E-state index in [1.165, 1.54) is 0 Å². The number of halogens is 1. The van der Waals surface area contributed by atoms with Crippen molar-refractivity contribution >= 4 is 17.5 Å².